The van der Waals surface area contributed by atoms with Crippen LogP contribution in [0.5, 0.6) is 0 Å². The van der Waals surface area contributed by atoms with Crippen LogP contribution in [0, 0.1) is 6.92 Å². The zero-order chi connectivity index (χ0) is 14.9. The summed E-state index contributed by atoms with van der Waals surface area (Å²) >= 11 is 0. The Morgan fingerprint density at radius 3 is 2.70 bits per heavy atom. The second kappa shape index (κ2) is 5.24. The van der Waals surface area contributed by atoms with Crippen molar-refractivity contribution < 1.29 is 8.42 Å². The van der Waals surface area contributed by atoms with Gasteiger partial charge in [0.2, 0.25) is 0 Å². The number of aromatic nitrogens is 3. The number of hydrogen-bond acceptors (Lipinski definition) is 5. The molecule has 2 aromatic rings. The van der Waals surface area contributed by atoms with Gasteiger partial charge in [-0.05, 0) is 38.5 Å². The highest BCUT2D eigenvalue weighted by Gasteiger charge is 2.22. The molecule has 2 N–H and O–H groups in total. The predicted molar refractivity (Wildman–Crippen MR) is 76.9 cm³/mol. The smallest absolute Gasteiger partial charge is 0.187 e. The lowest BCUT2D eigenvalue weighted by Crippen LogP contribution is -2.14. The first-order valence-electron chi connectivity index (χ1n) is 6.28. The van der Waals surface area contributed by atoms with Crippen molar-refractivity contribution in [2.24, 2.45) is 0 Å². The molecule has 0 saturated heterocycles. The molecule has 0 aliphatic heterocycles. The average Bonchev–Trinajstić information content (AvgIpc) is 2.79. The third-order valence-corrected chi connectivity index (χ3v) is 4.62. The van der Waals surface area contributed by atoms with Gasteiger partial charge in [-0.25, -0.2) is 18.1 Å². The molecule has 0 aliphatic carbocycles. The molecule has 0 aliphatic rings. The number of nitrogen functional groups attached to an aromatic ring is 1. The van der Waals surface area contributed by atoms with Crippen molar-refractivity contribution in [3.63, 3.8) is 0 Å². The van der Waals surface area contributed by atoms with Crippen molar-refractivity contribution in [1.82, 2.24) is 14.8 Å². The molecule has 6 nitrogen and oxygen atoms in total. The molecule has 0 fully saturated rings. The van der Waals surface area contributed by atoms with Crippen molar-refractivity contribution in [3.8, 4) is 0 Å². The summed E-state index contributed by atoms with van der Waals surface area (Å²) in [6.07, 6.45) is 1.37. The van der Waals surface area contributed by atoms with E-state index in [2.05, 4.69) is 10.1 Å². The number of rotatable bonds is 4. The number of nitrogens with zero attached hydrogens (tertiary/aromatic N) is 3. The molecule has 0 spiro atoms. The van der Waals surface area contributed by atoms with Crippen LogP contribution in [0.2, 0.25) is 0 Å². The van der Waals surface area contributed by atoms with Crippen LogP contribution in [0.1, 0.15) is 31.3 Å². The molecular formula is C13H18N4O2S. The van der Waals surface area contributed by atoms with E-state index in [4.69, 9.17) is 5.73 Å². The van der Waals surface area contributed by atoms with Gasteiger partial charge < -0.3 is 5.73 Å². The summed E-state index contributed by atoms with van der Waals surface area (Å²) in [5, 5.41) is 4.04. The Morgan fingerprint density at radius 2 is 2.05 bits per heavy atom. The molecule has 0 amide bonds. The topological polar surface area (TPSA) is 90.9 Å². The number of aryl methyl sites for hydroxylation is 1. The van der Waals surface area contributed by atoms with Crippen molar-refractivity contribution in [2.45, 2.75) is 37.5 Å². The Morgan fingerprint density at radius 1 is 1.35 bits per heavy atom. The highest BCUT2D eigenvalue weighted by Crippen LogP contribution is 2.23. The third-order valence-electron chi connectivity index (χ3n) is 2.96. The molecule has 7 heteroatoms. The van der Waals surface area contributed by atoms with Gasteiger partial charge in [0.15, 0.2) is 9.84 Å². The van der Waals surface area contributed by atoms with Crippen molar-refractivity contribution in [2.75, 3.05) is 5.73 Å². The Labute approximate surface area is 118 Å². The van der Waals surface area contributed by atoms with E-state index >= 15 is 0 Å². The zero-order valence-electron chi connectivity index (χ0n) is 11.7. The van der Waals surface area contributed by atoms with Gasteiger partial charge in [0, 0.05) is 6.04 Å². The van der Waals surface area contributed by atoms with Crippen LogP contribution in [0.15, 0.2) is 29.4 Å². The highest BCUT2D eigenvalue weighted by molar-refractivity contribution is 7.90. The minimum Gasteiger partial charge on any atom is -0.398 e. The monoisotopic (exact) mass is 294 g/mol. The highest BCUT2D eigenvalue weighted by atomic mass is 32.2. The van der Waals surface area contributed by atoms with E-state index in [1.165, 1.54) is 6.33 Å². The molecular weight excluding hydrogens is 276 g/mol. The van der Waals surface area contributed by atoms with Gasteiger partial charge in [-0.15, -0.1) is 0 Å². The van der Waals surface area contributed by atoms with Crippen LogP contribution in [0.3, 0.4) is 0 Å². The molecule has 1 heterocycles. The molecule has 20 heavy (non-hydrogen) atoms. The van der Waals surface area contributed by atoms with Crippen molar-refractivity contribution >= 4 is 15.5 Å². The van der Waals surface area contributed by atoms with Gasteiger partial charge in [0.1, 0.15) is 17.9 Å². The Hall–Kier alpha value is -1.89. The summed E-state index contributed by atoms with van der Waals surface area (Å²) in [6.45, 7) is 5.67. The van der Waals surface area contributed by atoms with Crippen LogP contribution in [-0.2, 0) is 15.6 Å². The summed E-state index contributed by atoms with van der Waals surface area (Å²) in [5.41, 5.74) is 6.89. The maximum Gasteiger partial charge on any atom is 0.187 e. The Bertz CT molecular complexity index is 720. The lowest BCUT2D eigenvalue weighted by molar-refractivity contribution is 0.510. The number of hydrogen-bond donors (Lipinski definition) is 1. The molecule has 0 bridgehead atoms. The summed E-state index contributed by atoms with van der Waals surface area (Å²) in [6, 6.07) is 5.03. The summed E-state index contributed by atoms with van der Waals surface area (Å²) in [5.74, 6) is 0.208. The zero-order valence-corrected chi connectivity index (χ0v) is 12.6. The van der Waals surface area contributed by atoms with Crippen LogP contribution in [-0.4, -0.2) is 23.2 Å². The van der Waals surface area contributed by atoms with E-state index in [0.29, 0.717) is 5.82 Å². The second-order valence-corrected chi connectivity index (χ2v) is 6.97. The quantitative estimate of drug-likeness (QED) is 0.867. The molecule has 0 radical (unpaired) electrons. The van der Waals surface area contributed by atoms with Gasteiger partial charge in [0.05, 0.1) is 10.6 Å². The van der Waals surface area contributed by atoms with E-state index < -0.39 is 9.84 Å². The first kappa shape index (κ1) is 14.5. The first-order valence-corrected chi connectivity index (χ1v) is 7.94. The molecule has 1 aromatic carbocycles. The fourth-order valence-electron chi connectivity index (χ4n) is 1.97. The summed E-state index contributed by atoms with van der Waals surface area (Å²) in [7, 11) is -3.54. The SMILES string of the molecule is Cc1ccc(N)c(S(=O)(=O)Cc2ncnn2C(C)C)c1. The van der Waals surface area contributed by atoms with E-state index in [9.17, 15) is 8.42 Å². The Balaban J connectivity index is 2.41. The largest absolute Gasteiger partial charge is 0.398 e. The van der Waals surface area contributed by atoms with E-state index in [-0.39, 0.29) is 22.4 Å². The fourth-order valence-corrected chi connectivity index (χ4v) is 3.46. The van der Waals surface area contributed by atoms with Crippen molar-refractivity contribution in [1.29, 1.82) is 0 Å². The van der Waals surface area contributed by atoms with Gasteiger partial charge in [-0.1, -0.05) is 6.07 Å². The number of sulfone groups is 1. The van der Waals surface area contributed by atoms with Gasteiger partial charge in [0.25, 0.3) is 0 Å². The van der Waals surface area contributed by atoms with Crippen molar-refractivity contribution in [3.05, 3.63) is 35.9 Å². The summed E-state index contributed by atoms with van der Waals surface area (Å²) in [4.78, 5) is 4.18. The maximum absolute atomic E-state index is 12.5. The van der Waals surface area contributed by atoms with Gasteiger partial charge >= 0.3 is 0 Å². The van der Waals surface area contributed by atoms with Crippen LogP contribution in [0.4, 0.5) is 5.69 Å². The molecule has 0 saturated carbocycles. The van der Waals surface area contributed by atoms with Crippen LogP contribution < -0.4 is 5.73 Å². The van der Waals surface area contributed by atoms with E-state index in [1.54, 1.807) is 22.9 Å². The lowest BCUT2D eigenvalue weighted by atomic mass is 10.2. The number of nitrogens with two attached hydrogens (primary N) is 1. The van der Waals surface area contributed by atoms with Crippen LogP contribution >= 0.6 is 0 Å². The average molecular weight is 294 g/mol. The second-order valence-electron chi connectivity index (χ2n) is 5.01. The third kappa shape index (κ3) is 2.82. The predicted octanol–water partition coefficient (Wildman–Crippen LogP) is 1.72. The molecule has 2 rings (SSSR count). The molecule has 0 atom stereocenters. The minimum atomic E-state index is -3.54. The normalized spacial score (nSPS) is 12.0. The standard InChI is InChI=1S/C13H18N4O2S/c1-9(2)17-13(15-8-16-17)7-20(18,19)12-6-10(3)4-5-11(12)14/h4-6,8-9H,7,14H2,1-3H3. The van der Waals surface area contributed by atoms with E-state index in [1.807, 2.05) is 20.8 Å². The number of anilines is 1. The fraction of sp³-hybridized carbons (Fsp3) is 0.385. The molecule has 108 valence electrons. The van der Waals surface area contributed by atoms with Gasteiger partial charge in [-0.3, -0.25) is 0 Å². The first-order chi connectivity index (χ1) is 9.31. The minimum absolute atomic E-state index is 0.0533. The van der Waals surface area contributed by atoms with Crippen LogP contribution in [0.25, 0.3) is 0 Å². The summed E-state index contributed by atoms with van der Waals surface area (Å²) < 4.78 is 26.6. The lowest BCUT2D eigenvalue weighted by Gasteiger charge is -2.11. The molecule has 1 aromatic heterocycles. The molecule has 0 unspecified atom stereocenters. The maximum atomic E-state index is 12.5. The van der Waals surface area contributed by atoms with E-state index in [0.717, 1.165) is 5.56 Å². The Kier molecular flexibility index (Phi) is 3.80. The van der Waals surface area contributed by atoms with Gasteiger partial charge in [-0.2, -0.15) is 5.10 Å². The number of benzene rings is 1.